The molecule has 12 heteroatoms. The van der Waals surface area contributed by atoms with Crippen LogP contribution in [0, 0.1) is 34.5 Å². The van der Waals surface area contributed by atoms with E-state index >= 15 is 0 Å². The number of allylic oxidation sites excluding steroid dienone is 2. The average Bonchev–Trinajstić information content (AvgIpc) is 3.37. The van der Waals surface area contributed by atoms with Crippen molar-refractivity contribution in [2.45, 2.75) is 76.4 Å². The fraction of sp³-hybridized carbons (Fsp3) is 0.531. The van der Waals surface area contributed by atoms with E-state index in [1.165, 1.54) is 0 Å². The lowest BCUT2D eigenvalue weighted by Gasteiger charge is -2.46. The Morgan fingerprint density at radius 1 is 1.23 bits per heavy atom. The highest BCUT2D eigenvalue weighted by Gasteiger charge is 2.55. The first-order valence-electron chi connectivity index (χ1n) is 15.3. The summed E-state index contributed by atoms with van der Waals surface area (Å²) in [6.07, 6.45) is 9.28. The first-order chi connectivity index (χ1) is 20.9. The number of nitrogens with two attached hydrogens (primary N) is 2. The fourth-order valence-corrected chi connectivity index (χ4v) is 7.80. The second kappa shape index (κ2) is 11.0. The number of benzene rings is 1. The predicted octanol–water partition coefficient (Wildman–Crippen LogP) is 1.65. The van der Waals surface area contributed by atoms with Gasteiger partial charge in [-0.2, -0.15) is 5.26 Å². The molecule has 1 aromatic heterocycles. The van der Waals surface area contributed by atoms with E-state index in [0.29, 0.717) is 42.1 Å². The number of H-pyrrole nitrogens is 1. The fourth-order valence-electron chi connectivity index (χ4n) is 7.80. The molecule has 0 bridgehead atoms. The third-order valence-corrected chi connectivity index (χ3v) is 10.2. The van der Waals surface area contributed by atoms with Gasteiger partial charge in [-0.15, -0.1) is 5.10 Å². The number of hydrogen-bond donors (Lipinski definition) is 4. The van der Waals surface area contributed by atoms with Crippen LogP contribution in [-0.2, 0) is 21.4 Å². The summed E-state index contributed by atoms with van der Waals surface area (Å²) in [5.41, 5.74) is 13.0. The number of hydrogen-bond acceptors (Lipinski definition) is 8. The molecule has 1 aromatic carbocycles. The number of fused-ring (bicyclic) bond motifs is 3. The molecule has 6 N–H and O–H groups in total. The first-order valence-corrected chi connectivity index (χ1v) is 15.3. The van der Waals surface area contributed by atoms with Crippen molar-refractivity contribution >= 4 is 17.7 Å². The molecule has 12 nitrogen and oxygen atoms in total. The van der Waals surface area contributed by atoms with E-state index in [2.05, 4.69) is 52.8 Å². The summed E-state index contributed by atoms with van der Waals surface area (Å²) < 4.78 is 0. The molecule has 1 saturated heterocycles. The highest BCUT2D eigenvalue weighted by molar-refractivity contribution is 5.95. The molecule has 2 fully saturated rings. The monoisotopic (exact) mass is 597 g/mol. The van der Waals surface area contributed by atoms with Crippen LogP contribution in [0.5, 0.6) is 0 Å². The molecule has 0 radical (unpaired) electrons. The maximum atomic E-state index is 13.5. The van der Waals surface area contributed by atoms with E-state index < -0.39 is 17.2 Å². The number of nitrogens with one attached hydrogen (secondary N) is 2. The number of carbonyl (C=O) groups excluding carboxylic acids is 3. The number of nitrogens with zero attached hydrogens (tertiary/aromatic N) is 5. The quantitative estimate of drug-likeness (QED) is 0.352. The Balaban J connectivity index is 1.44. The number of aromatic amines is 1. The van der Waals surface area contributed by atoms with Gasteiger partial charge in [0.1, 0.15) is 6.04 Å². The van der Waals surface area contributed by atoms with Crippen molar-refractivity contribution in [3.05, 3.63) is 64.5 Å². The van der Waals surface area contributed by atoms with Gasteiger partial charge in [0.2, 0.25) is 17.7 Å². The molecule has 0 spiro atoms. The van der Waals surface area contributed by atoms with Gasteiger partial charge in [0.15, 0.2) is 5.82 Å². The van der Waals surface area contributed by atoms with Crippen molar-refractivity contribution in [3.63, 3.8) is 0 Å². The van der Waals surface area contributed by atoms with Crippen LogP contribution in [-0.4, -0.2) is 67.9 Å². The van der Waals surface area contributed by atoms with Crippen molar-refractivity contribution in [2.75, 3.05) is 6.54 Å². The first kappa shape index (κ1) is 29.7. The lowest BCUT2D eigenvalue weighted by Crippen LogP contribution is -2.53. The van der Waals surface area contributed by atoms with Crippen LogP contribution in [0.1, 0.15) is 73.8 Å². The summed E-state index contributed by atoms with van der Waals surface area (Å²) in [6.45, 7) is 6.47. The number of primary amides is 2. The summed E-state index contributed by atoms with van der Waals surface area (Å²) in [4.78, 5) is 39.8. The lowest BCUT2D eigenvalue weighted by atomic mass is 9.59. The molecule has 2 aromatic rings. The summed E-state index contributed by atoms with van der Waals surface area (Å²) in [5, 5.41) is 28.8. The van der Waals surface area contributed by atoms with Crippen LogP contribution in [0.25, 0.3) is 0 Å². The molecular weight excluding hydrogens is 558 g/mol. The maximum absolute atomic E-state index is 13.5. The number of carbonyl (C=O) groups is 3. The number of rotatable bonds is 8. The summed E-state index contributed by atoms with van der Waals surface area (Å²) >= 11 is 0. The van der Waals surface area contributed by atoms with Crippen LogP contribution >= 0.6 is 0 Å². The summed E-state index contributed by atoms with van der Waals surface area (Å²) in [7, 11) is 0. The SMILES string of the molecule is CC(C)(C)[C@H](CC1(c2nnn[nH]2)c2ccc(C(N)=O)cc2CCC2C=C(C(N)=O)C=CC21)NCC(=O)N1C(C#N)C[C@@H]2C[C@@H]21. The smallest absolute Gasteiger partial charge is 0.248 e. The van der Waals surface area contributed by atoms with Gasteiger partial charge in [-0.1, -0.05) is 45.1 Å². The van der Waals surface area contributed by atoms with E-state index in [1.54, 1.807) is 17.0 Å². The van der Waals surface area contributed by atoms with E-state index in [1.807, 2.05) is 24.3 Å². The van der Waals surface area contributed by atoms with Gasteiger partial charge >= 0.3 is 0 Å². The van der Waals surface area contributed by atoms with Gasteiger partial charge in [-0.25, -0.2) is 5.10 Å². The third-order valence-electron chi connectivity index (χ3n) is 10.2. The van der Waals surface area contributed by atoms with Gasteiger partial charge in [-0.3, -0.25) is 14.4 Å². The topological polar surface area (TPSA) is 197 Å². The highest BCUT2D eigenvalue weighted by atomic mass is 16.2. The number of aryl methyl sites for hydroxylation is 1. The van der Waals surface area contributed by atoms with E-state index in [0.717, 1.165) is 24.0 Å². The molecule has 4 aliphatic rings. The Morgan fingerprint density at radius 3 is 2.68 bits per heavy atom. The van der Waals surface area contributed by atoms with Crippen molar-refractivity contribution in [2.24, 2.45) is 34.6 Å². The normalized spacial score (nSPS) is 29.4. The molecule has 7 atom stereocenters. The number of aromatic nitrogens is 4. The zero-order chi connectivity index (χ0) is 31.4. The molecule has 6 rings (SSSR count). The van der Waals surface area contributed by atoms with Crippen LogP contribution in [0.4, 0.5) is 0 Å². The number of tetrazole rings is 1. The standard InChI is InChI=1S/C32H39N9O3/c1-31(2,3)26(36-16-27(42)41-22(15-33)12-21-13-25(21)41)14-32(30-37-39-40-38-30)23-8-6-19(28(34)43)10-17(23)4-5-18-11-20(29(35)44)7-9-24(18)32/h6-11,17,21-23,25-26,36H,4-5,12-14,16H2,1-3H3,(H2,34,43)(H2,35,44)(H,37,38,39,40)/t17?,21-,22?,23?,25+,26+,32?/m1/s1. The van der Waals surface area contributed by atoms with Gasteiger partial charge in [0, 0.05) is 29.1 Å². The minimum Gasteiger partial charge on any atom is -0.366 e. The molecule has 44 heavy (non-hydrogen) atoms. The summed E-state index contributed by atoms with van der Waals surface area (Å²) in [5.74, 6) is -0.360. The molecule has 3 aliphatic carbocycles. The number of likely N-dealkylation sites (tertiary alicyclic amines) is 1. The molecule has 4 unspecified atom stereocenters. The van der Waals surface area contributed by atoms with E-state index in [4.69, 9.17) is 11.5 Å². The van der Waals surface area contributed by atoms with Crippen molar-refractivity contribution in [3.8, 4) is 6.07 Å². The Kier molecular flexibility index (Phi) is 7.40. The Labute approximate surface area is 256 Å². The van der Waals surface area contributed by atoms with Crippen molar-refractivity contribution < 1.29 is 14.4 Å². The van der Waals surface area contributed by atoms with Crippen LogP contribution in [0.15, 0.2) is 42.0 Å². The molecule has 2 heterocycles. The maximum Gasteiger partial charge on any atom is 0.248 e. The third kappa shape index (κ3) is 5.09. The predicted molar refractivity (Wildman–Crippen MR) is 160 cm³/mol. The Hall–Kier alpha value is -4.37. The second-order valence-electron chi connectivity index (χ2n) is 13.8. The van der Waals surface area contributed by atoms with E-state index in [-0.39, 0.29) is 47.8 Å². The Morgan fingerprint density at radius 2 is 2.02 bits per heavy atom. The Bertz CT molecular complexity index is 1580. The highest BCUT2D eigenvalue weighted by Crippen LogP contribution is 2.53. The molecule has 230 valence electrons. The zero-order valence-electron chi connectivity index (χ0n) is 25.3. The average molecular weight is 598 g/mol. The molecular formula is C32H39N9O3. The minimum absolute atomic E-state index is 0.0666. The largest absolute Gasteiger partial charge is 0.366 e. The molecule has 1 aliphatic heterocycles. The van der Waals surface area contributed by atoms with Crippen LogP contribution in [0.2, 0.25) is 0 Å². The van der Waals surface area contributed by atoms with Crippen molar-refractivity contribution in [1.29, 1.82) is 5.26 Å². The summed E-state index contributed by atoms with van der Waals surface area (Å²) in [6, 6.07) is 7.42. The van der Waals surface area contributed by atoms with Gasteiger partial charge < -0.3 is 21.7 Å². The van der Waals surface area contributed by atoms with Crippen LogP contribution < -0.4 is 16.8 Å². The van der Waals surface area contributed by atoms with Crippen LogP contribution in [0.3, 0.4) is 0 Å². The minimum atomic E-state index is -0.842. The van der Waals surface area contributed by atoms with Gasteiger partial charge in [-0.05, 0) is 83.0 Å². The zero-order valence-corrected chi connectivity index (χ0v) is 25.3. The van der Waals surface area contributed by atoms with Crippen molar-refractivity contribution in [1.82, 2.24) is 30.8 Å². The number of nitriles is 1. The van der Waals surface area contributed by atoms with Gasteiger partial charge in [0.05, 0.1) is 18.0 Å². The lowest BCUT2D eigenvalue weighted by molar-refractivity contribution is -0.131. The number of amides is 3. The van der Waals surface area contributed by atoms with Gasteiger partial charge in [0.25, 0.3) is 0 Å². The molecule has 1 saturated carbocycles. The number of piperidine rings is 1. The van der Waals surface area contributed by atoms with E-state index in [9.17, 15) is 19.6 Å². The second-order valence-corrected chi connectivity index (χ2v) is 13.8. The molecule has 3 amide bonds.